The zero-order valence-corrected chi connectivity index (χ0v) is 12.2. The van der Waals surface area contributed by atoms with Crippen molar-refractivity contribution in [1.29, 1.82) is 0 Å². The summed E-state index contributed by atoms with van der Waals surface area (Å²) in [6, 6.07) is 8.13. The van der Waals surface area contributed by atoms with Crippen molar-refractivity contribution in [2.24, 2.45) is 0 Å². The number of rotatable bonds is 5. The van der Waals surface area contributed by atoms with Crippen LogP contribution >= 0.6 is 11.6 Å². The van der Waals surface area contributed by atoms with Crippen LogP contribution in [0.15, 0.2) is 41.3 Å². The number of nitrogens with zero attached hydrogens (tertiary/aromatic N) is 2. The number of hydrogen-bond donors (Lipinski definition) is 2. The van der Waals surface area contributed by atoms with Crippen molar-refractivity contribution in [3.05, 3.63) is 51.9 Å². The number of amides is 1. The maximum Gasteiger partial charge on any atom is 0.269 e. The fourth-order valence-electron chi connectivity index (χ4n) is 1.72. The topological polar surface area (TPSA) is 76.0 Å². The molecule has 2 N–H and O–H groups in total. The number of benzene rings is 1. The average molecular weight is 307 g/mol. The molecule has 0 aliphatic heterocycles. The molecule has 0 radical (unpaired) electrons. The lowest BCUT2D eigenvalue weighted by atomic mass is 10.3. The summed E-state index contributed by atoms with van der Waals surface area (Å²) in [6.07, 6.45) is 1.51. The van der Waals surface area contributed by atoms with E-state index in [2.05, 4.69) is 15.7 Å². The van der Waals surface area contributed by atoms with Crippen molar-refractivity contribution in [2.45, 2.75) is 13.5 Å². The van der Waals surface area contributed by atoms with E-state index in [4.69, 9.17) is 11.6 Å². The molecule has 2 rings (SSSR count). The van der Waals surface area contributed by atoms with Crippen molar-refractivity contribution in [2.75, 3.05) is 17.2 Å². The molecule has 1 amide bonds. The van der Waals surface area contributed by atoms with E-state index < -0.39 is 0 Å². The smallest absolute Gasteiger partial charge is 0.269 e. The van der Waals surface area contributed by atoms with Crippen LogP contribution in [0.4, 0.5) is 11.4 Å². The first-order valence-electron chi connectivity index (χ1n) is 6.45. The summed E-state index contributed by atoms with van der Waals surface area (Å²) >= 11 is 5.77. The highest BCUT2D eigenvalue weighted by atomic mass is 35.5. The molecule has 0 fully saturated rings. The molecule has 6 nitrogen and oxygen atoms in total. The molecule has 0 bridgehead atoms. The maximum atomic E-state index is 11.9. The summed E-state index contributed by atoms with van der Waals surface area (Å²) in [5.41, 5.74) is 0.915. The Morgan fingerprint density at radius 3 is 2.62 bits per heavy atom. The molecular weight excluding hydrogens is 292 g/mol. The number of aromatic nitrogens is 2. The van der Waals surface area contributed by atoms with Crippen LogP contribution in [0.5, 0.6) is 0 Å². The van der Waals surface area contributed by atoms with Crippen LogP contribution in [0, 0.1) is 0 Å². The highest BCUT2D eigenvalue weighted by Gasteiger charge is 2.06. The standard InChI is InChI=1S/C14H15ClN4O2/c1-2-16-12-7-14(21)19(17-8-12)9-13(20)18-11-5-3-10(15)4-6-11/h3-8,16H,2,9H2,1H3,(H,18,20). The van der Waals surface area contributed by atoms with Crippen molar-refractivity contribution in [3.63, 3.8) is 0 Å². The highest BCUT2D eigenvalue weighted by Crippen LogP contribution is 2.13. The number of carbonyl (C=O) groups excluding carboxylic acids is 1. The quantitative estimate of drug-likeness (QED) is 0.885. The molecule has 21 heavy (non-hydrogen) atoms. The molecule has 7 heteroatoms. The van der Waals surface area contributed by atoms with E-state index in [0.29, 0.717) is 22.9 Å². The van der Waals surface area contributed by atoms with Crippen molar-refractivity contribution >= 4 is 28.9 Å². The minimum Gasteiger partial charge on any atom is -0.384 e. The van der Waals surface area contributed by atoms with Gasteiger partial charge >= 0.3 is 0 Å². The normalized spacial score (nSPS) is 10.2. The van der Waals surface area contributed by atoms with E-state index in [1.165, 1.54) is 12.3 Å². The number of carbonyl (C=O) groups is 1. The Kier molecular flexibility index (Phi) is 4.94. The highest BCUT2D eigenvalue weighted by molar-refractivity contribution is 6.30. The third-order valence-corrected chi connectivity index (χ3v) is 2.92. The van der Waals surface area contributed by atoms with Crippen LogP contribution in [-0.4, -0.2) is 22.2 Å². The SMILES string of the molecule is CCNc1cnn(CC(=O)Nc2ccc(Cl)cc2)c(=O)c1. The lowest BCUT2D eigenvalue weighted by molar-refractivity contribution is -0.117. The summed E-state index contributed by atoms with van der Waals surface area (Å²) in [6.45, 7) is 2.47. The molecule has 1 aromatic carbocycles. The first-order chi connectivity index (χ1) is 10.1. The lowest BCUT2D eigenvalue weighted by Crippen LogP contribution is -2.29. The minimum atomic E-state index is -0.334. The number of hydrogen-bond acceptors (Lipinski definition) is 4. The van der Waals surface area contributed by atoms with Gasteiger partial charge in [0.2, 0.25) is 5.91 Å². The van der Waals surface area contributed by atoms with E-state index >= 15 is 0 Å². The third-order valence-electron chi connectivity index (χ3n) is 2.67. The van der Waals surface area contributed by atoms with Gasteiger partial charge in [-0.05, 0) is 31.2 Å². The second kappa shape index (κ2) is 6.90. The van der Waals surface area contributed by atoms with E-state index in [-0.39, 0.29) is 18.0 Å². The van der Waals surface area contributed by atoms with Gasteiger partial charge in [0.05, 0.1) is 11.9 Å². The van der Waals surface area contributed by atoms with Gasteiger partial charge in [-0.3, -0.25) is 9.59 Å². The molecule has 0 unspecified atom stereocenters. The second-order valence-electron chi connectivity index (χ2n) is 4.33. The molecule has 0 spiro atoms. The zero-order chi connectivity index (χ0) is 15.2. The molecule has 0 saturated heterocycles. The van der Waals surface area contributed by atoms with E-state index in [1.807, 2.05) is 6.92 Å². The van der Waals surface area contributed by atoms with Gasteiger partial charge in [0.1, 0.15) is 6.54 Å². The molecule has 0 aliphatic rings. The van der Waals surface area contributed by atoms with Crippen LogP contribution in [0.3, 0.4) is 0 Å². The molecule has 110 valence electrons. The monoisotopic (exact) mass is 306 g/mol. The predicted octanol–water partition coefficient (Wildman–Crippen LogP) is 1.97. The number of halogens is 1. The predicted molar refractivity (Wildman–Crippen MR) is 82.7 cm³/mol. The molecule has 0 saturated carbocycles. The van der Waals surface area contributed by atoms with Gasteiger partial charge in [-0.15, -0.1) is 0 Å². The van der Waals surface area contributed by atoms with Gasteiger partial charge < -0.3 is 10.6 Å². The molecule has 1 heterocycles. The van der Waals surface area contributed by atoms with Crippen molar-refractivity contribution in [3.8, 4) is 0 Å². The Balaban J connectivity index is 2.02. The average Bonchev–Trinajstić information content (AvgIpc) is 2.45. The Bertz CT molecular complexity index is 682. The minimum absolute atomic E-state index is 0.145. The van der Waals surface area contributed by atoms with E-state index in [9.17, 15) is 9.59 Å². The summed E-state index contributed by atoms with van der Waals surface area (Å²) < 4.78 is 1.10. The fourth-order valence-corrected chi connectivity index (χ4v) is 1.85. The number of anilines is 2. The van der Waals surface area contributed by atoms with E-state index in [1.54, 1.807) is 24.3 Å². The Labute approximate surface area is 126 Å². The molecule has 2 aromatic rings. The Morgan fingerprint density at radius 2 is 2.00 bits per heavy atom. The maximum absolute atomic E-state index is 11.9. The van der Waals surface area contributed by atoms with Gasteiger partial charge in [-0.1, -0.05) is 11.6 Å². The molecule has 0 atom stereocenters. The fraction of sp³-hybridized carbons (Fsp3) is 0.214. The van der Waals surface area contributed by atoms with Crippen molar-refractivity contribution < 1.29 is 4.79 Å². The summed E-state index contributed by atoms with van der Waals surface area (Å²) in [5, 5.41) is 10.2. The second-order valence-corrected chi connectivity index (χ2v) is 4.76. The lowest BCUT2D eigenvalue weighted by Gasteiger charge is -2.08. The Morgan fingerprint density at radius 1 is 1.29 bits per heavy atom. The number of nitrogens with one attached hydrogen (secondary N) is 2. The zero-order valence-electron chi connectivity index (χ0n) is 11.5. The molecule has 0 aliphatic carbocycles. The van der Waals surface area contributed by atoms with Crippen LogP contribution < -0.4 is 16.2 Å². The van der Waals surface area contributed by atoms with Gasteiger partial charge in [0, 0.05) is 23.3 Å². The van der Waals surface area contributed by atoms with Crippen LogP contribution in [-0.2, 0) is 11.3 Å². The van der Waals surface area contributed by atoms with Gasteiger partial charge in [-0.2, -0.15) is 5.10 Å². The summed E-state index contributed by atoms with van der Waals surface area (Å²) in [5.74, 6) is -0.330. The molecular formula is C14H15ClN4O2. The van der Waals surface area contributed by atoms with Gasteiger partial charge in [0.25, 0.3) is 5.56 Å². The van der Waals surface area contributed by atoms with E-state index in [0.717, 1.165) is 4.68 Å². The summed E-state index contributed by atoms with van der Waals surface area (Å²) in [4.78, 5) is 23.7. The van der Waals surface area contributed by atoms with Gasteiger partial charge in [0.15, 0.2) is 0 Å². The third kappa shape index (κ3) is 4.32. The molecule has 1 aromatic heterocycles. The van der Waals surface area contributed by atoms with Crippen LogP contribution in [0.1, 0.15) is 6.92 Å². The Hall–Kier alpha value is -2.34. The first kappa shape index (κ1) is 15.1. The van der Waals surface area contributed by atoms with Crippen LogP contribution in [0.2, 0.25) is 5.02 Å². The summed E-state index contributed by atoms with van der Waals surface area (Å²) in [7, 11) is 0. The van der Waals surface area contributed by atoms with Crippen LogP contribution in [0.25, 0.3) is 0 Å². The largest absolute Gasteiger partial charge is 0.384 e. The first-order valence-corrected chi connectivity index (χ1v) is 6.82. The van der Waals surface area contributed by atoms with Crippen molar-refractivity contribution in [1.82, 2.24) is 9.78 Å². The van der Waals surface area contributed by atoms with Gasteiger partial charge in [-0.25, -0.2) is 4.68 Å².